The molecule has 0 unspecified atom stereocenters. The third-order valence-corrected chi connectivity index (χ3v) is 4.44. The Bertz CT molecular complexity index is 971. The number of halogens is 3. The normalized spacial score (nSPS) is 11.5. The smallest absolute Gasteiger partial charge is 0.363 e. The highest BCUT2D eigenvalue weighted by Crippen LogP contribution is 2.33. The molecule has 0 aliphatic heterocycles. The third kappa shape index (κ3) is 4.30. The number of nitrogens with zero attached hydrogens (tertiary/aromatic N) is 7. The molecule has 3 aromatic rings. The minimum absolute atomic E-state index is 0.0717. The van der Waals surface area contributed by atoms with Crippen LogP contribution in [0.4, 0.5) is 19.0 Å². The van der Waals surface area contributed by atoms with Gasteiger partial charge in [0, 0.05) is 44.7 Å². The van der Waals surface area contributed by atoms with Gasteiger partial charge in [0.25, 0.3) is 0 Å². The summed E-state index contributed by atoms with van der Waals surface area (Å²) in [5, 5.41) is 8.55. The molecule has 0 amide bonds. The minimum atomic E-state index is -4.58. The fraction of sp³-hybridized carbons (Fsp3) is 0.235. The SMILES string of the molecule is C=CCn1c(Sc2nc(N(C)C)cc(C(F)(F)F)n2)nnc1-c1ccncc1. The van der Waals surface area contributed by atoms with Crippen molar-refractivity contribution < 1.29 is 13.2 Å². The molecule has 3 rings (SSSR count). The van der Waals surface area contributed by atoms with Gasteiger partial charge < -0.3 is 4.90 Å². The Labute approximate surface area is 163 Å². The molecule has 3 heterocycles. The quantitative estimate of drug-likeness (QED) is 0.457. The highest BCUT2D eigenvalue weighted by atomic mass is 32.2. The van der Waals surface area contributed by atoms with Crippen LogP contribution in [0.2, 0.25) is 0 Å². The number of anilines is 1. The monoisotopic (exact) mass is 407 g/mol. The van der Waals surface area contributed by atoms with Crippen LogP contribution < -0.4 is 4.90 Å². The Balaban J connectivity index is 2.03. The Kier molecular flexibility index (Phi) is 5.63. The third-order valence-electron chi connectivity index (χ3n) is 3.59. The molecule has 0 spiro atoms. The van der Waals surface area contributed by atoms with Crippen molar-refractivity contribution in [2.45, 2.75) is 23.0 Å². The predicted molar refractivity (Wildman–Crippen MR) is 98.9 cm³/mol. The molecule has 0 aromatic carbocycles. The van der Waals surface area contributed by atoms with Crippen molar-refractivity contribution in [2.24, 2.45) is 0 Å². The van der Waals surface area contributed by atoms with Gasteiger partial charge in [-0.25, -0.2) is 9.97 Å². The van der Waals surface area contributed by atoms with Crippen LogP contribution in [0.5, 0.6) is 0 Å². The van der Waals surface area contributed by atoms with Gasteiger partial charge in [0.05, 0.1) is 0 Å². The largest absolute Gasteiger partial charge is 0.433 e. The van der Waals surface area contributed by atoms with Gasteiger partial charge >= 0.3 is 6.18 Å². The summed E-state index contributed by atoms with van der Waals surface area (Å²) in [4.78, 5) is 13.3. The lowest BCUT2D eigenvalue weighted by Crippen LogP contribution is -2.16. The first kappa shape index (κ1) is 19.8. The molecular formula is C17H16F3N7S. The average molecular weight is 407 g/mol. The molecule has 0 radical (unpaired) electrons. The van der Waals surface area contributed by atoms with Crippen LogP contribution in [-0.4, -0.2) is 43.8 Å². The van der Waals surface area contributed by atoms with E-state index >= 15 is 0 Å². The number of rotatable bonds is 6. The Morgan fingerprint density at radius 2 is 1.89 bits per heavy atom. The van der Waals surface area contributed by atoms with Crippen molar-refractivity contribution in [1.29, 1.82) is 0 Å². The molecule has 0 fully saturated rings. The van der Waals surface area contributed by atoms with Gasteiger partial charge in [-0.15, -0.1) is 16.8 Å². The fourth-order valence-corrected chi connectivity index (χ4v) is 3.09. The van der Waals surface area contributed by atoms with E-state index in [-0.39, 0.29) is 11.0 Å². The van der Waals surface area contributed by atoms with E-state index in [2.05, 4.69) is 31.7 Å². The van der Waals surface area contributed by atoms with E-state index in [1.54, 1.807) is 49.3 Å². The van der Waals surface area contributed by atoms with Gasteiger partial charge in [0.2, 0.25) is 0 Å². The lowest BCUT2D eigenvalue weighted by Gasteiger charge is -2.15. The highest BCUT2D eigenvalue weighted by Gasteiger charge is 2.34. The molecule has 0 N–H and O–H groups in total. The molecule has 0 atom stereocenters. The summed E-state index contributed by atoms with van der Waals surface area (Å²) in [6, 6.07) is 4.44. The van der Waals surface area contributed by atoms with E-state index in [0.717, 1.165) is 23.4 Å². The van der Waals surface area contributed by atoms with Gasteiger partial charge in [0.15, 0.2) is 21.8 Å². The highest BCUT2D eigenvalue weighted by molar-refractivity contribution is 7.99. The van der Waals surface area contributed by atoms with Crippen molar-refractivity contribution in [2.75, 3.05) is 19.0 Å². The van der Waals surface area contributed by atoms with Crippen molar-refractivity contribution in [3.63, 3.8) is 0 Å². The summed E-state index contributed by atoms with van der Waals surface area (Å²) in [5.74, 6) is 0.693. The lowest BCUT2D eigenvalue weighted by molar-refractivity contribution is -0.141. The Morgan fingerprint density at radius 1 is 1.18 bits per heavy atom. The van der Waals surface area contributed by atoms with Crippen LogP contribution >= 0.6 is 11.8 Å². The van der Waals surface area contributed by atoms with Crippen molar-refractivity contribution in [3.8, 4) is 11.4 Å². The first-order valence-electron chi connectivity index (χ1n) is 8.05. The molecule has 0 aliphatic rings. The number of pyridine rings is 1. The Hall–Kier alpha value is -2.95. The topological polar surface area (TPSA) is 72.6 Å². The maximum absolute atomic E-state index is 13.2. The molecule has 28 heavy (non-hydrogen) atoms. The number of aromatic nitrogens is 6. The van der Waals surface area contributed by atoms with Gasteiger partial charge in [-0.05, 0) is 23.9 Å². The fourth-order valence-electron chi connectivity index (χ4n) is 2.29. The first-order chi connectivity index (χ1) is 13.3. The summed E-state index contributed by atoms with van der Waals surface area (Å²) in [6.07, 6.45) is 0.305. The second-order valence-electron chi connectivity index (χ2n) is 5.83. The molecule has 11 heteroatoms. The molecule has 7 nitrogen and oxygen atoms in total. The summed E-state index contributed by atoms with van der Waals surface area (Å²) in [5.41, 5.74) is -0.243. The van der Waals surface area contributed by atoms with Crippen LogP contribution in [0.3, 0.4) is 0 Å². The minimum Gasteiger partial charge on any atom is -0.363 e. The van der Waals surface area contributed by atoms with Gasteiger partial charge in [-0.3, -0.25) is 9.55 Å². The maximum atomic E-state index is 13.2. The zero-order chi connectivity index (χ0) is 20.3. The molecule has 146 valence electrons. The summed E-state index contributed by atoms with van der Waals surface area (Å²) < 4.78 is 41.3. The van der Waals surface area contributed by atoms with E-state index in [4.69, 9.17) is 0 Å². The summed E-state index contributed by atoms with van der Waals surface area (Å²) in [6.45, 7) is 4.09. The average Bonchev–Trinajstić information content (AvgIpc) is 3.04. The number of hydrogen-bond acceptors (Lipinski definition) is 7. The van der Waals surface area contributed by atoms with Crippen molar-refractivity contribution in [1.82, 2.24) is 29.7 Å². The number of hydrogen-bond donors (Lipinski definition) is 0. The maximum Gasteiger partial charge on any atom is 0.433 e. The van der Waals surface area contributed by atoms with E-state index in [1.165, 1.54) is 4.90 Å². The second-order valence-corrected chi connectivity index (χ2v) is 6.76. The molecule has 0 saturated carbocycles. The van der Waals surface area contributed by atoms with Crippen LogP contribution in [0.25, 0.3) is 11.4 Å². The molecule has 0 aliphatic carbocycles. The van der Waals surface area contributed by atoms with Gasteiger partial charge in [0.1, 0.15) is 5.82 Å². The zero-order valence-electron chi connectivity index (χ0n) is 15.1. The van der Waals surface area contributed by atoms with Crippen LogP contribution in [0, 0.1) is 0 Å². The predicted octanol–water partition coefficient (Wildman–Crippen LogP) is 3.55. The standard InChI is InChI=1S/C17H16F3N7S/c1-4-9-27-14(11-5-7-21-8-6-11)24-25-16(27)28-15-22-12(17(18,19)20)10-13(23-15)26(2)3/h4-8,10H,1,9H2,2-3H3. The van der Waals surface area contributed by atoms with Gasteiger partial charge in [-0.1, -0.05) is 6.08 Å². The first-order valence-corrected chi connectivity index (χ1v) is 8.87. The zero-order valence-corrected chi connectivity index (χ0v) is 15.9. The van der Waals surface area contributed by atoms with Crippen LogP contribution in [0.15, 0.2) is 53.6 Å². The van der Waals surface area contributed by atoms with Crippen LogP contribution in [-0.2, 0) is 12.7 Å². The molecular weight excluding hydrogens is 391 g/mol. The van der Waals surface area contributed by atoms with Crippen molar-refractivity contribution >= 4 is 17.6 Å². The lowest BCUT2D eigenvalue weighted by atomic mass is 10.2. The van der Waals surface area contributed by atoms with Crippen LogP contribution in [0.1, 0.15) is 5.69 Å². The molecule has 3 aromatic heterocycles. The second kappa shape index (κ2) is 7.97. The molecule has 0 bridgehead atoms. The summed E-state index contributed by atoms with van der Waals surface area (Å²) in [7, 11) is 3.22. The number of alkyl halides is 3. The van der Waals surface area contributed by atoms with E-state index in [9.17, 15) is 13.2 Å². The van der Waals surface area contributed by atoms with E-state index in [1.807, 2.05) is 0 Å². The van der Waals surface area contributed by atoms with Gasteiger partial charge in [-0.2, -0.15) is 13.2 Å². The van der Waals surface area contributed by atoms with Crippen molar-refractivity contribution in [3.05, 3.63) is 48.9 Å². The summed E-state index contributed by atoms with van der Waals surface area (Å²) >= 11 is 0.909. The van der Waals surface area contributed by atoms with E-state index in [0.29, 0.717) is 17.5 Å². The number of allylic oxidation sites excluding steroid dienone is 1. The Morgan fingerprint density at radius 3 is 2.50 bits per heavy atom. The molecule has 0 saturated heterocycles. The van der Waals surface area contributed by atoms with E-state index < -0.39 is 11.9 Å².